The van der Waals surface area contributed by atoms with E-state index in [0.717, 1.165) is 19.6 Å². The highest BCUT2D eigenvalue weighted by molar-refractivity contribution is 6.33. The van der Waals surface area contributed by atoms with Gasteiger partial charge in [0.1, 0.15) is 0 Å². The summed E-state index contributed by atoms with van der Waals surface area (Å²) < 4.78 is 0. The first-order valence-electron chi connectivity index (χ1n) is 5.93. The number of halogens is 1. The van der Waals surface area contributed by atoms with E-state index in [1.54, 1.807) is 0 Å². The monoisotopic (exact) mass is 240 g/mol. The number of rotatable bonds is 6. The van der Waals surface area contributed by atoms with E-state index in [-0.39, 0.29) is 0 Å². The molecule has 0 saturated heterocycles. The fourth-order valence-corrected chi connectivity index (χ4v) is 1.97. The van der Waals surface area contributed by atoms with Crippen LogP contribution in [0.25, 0.3) is 0 Å². The Hall–Kier alpha value is -0.730. The zero-order valence-electron chi connectivity index (χ0n) is 10.2. The fraction of sp³-hybridized carbons (Fsp3) is 0.538. The molecule has 0 aliphatic heterocycles. The molecule has 0 fully saturated rings. The van der Waals surface area contributed by atoms with Gasteiger partial charge in [-0.2, -0.15) is 0 Å². The summed E-state index contributed by atoms with van der Waals surface area (Å²) in [4.78, 5) is 2.45. The molecule has 90 valence electrons. The zero-order chi connectivity index (χ0) is 12.0. The summed E-state index contributed by atoms with van der Waals surface area (Å²) >= 11 is 5.90. The van der Waals surface area contributed by atoms with Crippen molar-refractivity contribution in [3.05, 3.63) is 28.8 Å². The summed E-state index contributed by atoms with van der Waals surface area (Å²) in [5, 5.41) is 0.640. The summed E-state index contributed by atoms with van der Waals surface area (Å²) in [6.45, 7) is 7.65. The summed E-state index contributed by atoms with van der Waals surface area (Å²) in [5.41, 5.74) is 7.71. The van der Waals surface area contributed by atoms with Crippen molar-refractivity contribution in [1.82, 2.24) is 4.90 Å². The molecule has 1 aromatic rings. The Kier molecular flexibility index (Phi) is 5.64. The van der Waals surface area contributed by atoms with Gasteiger partial charge in [0.05, 0.1) is 10.7 Å². The molecular weight excluding hydrogens is 220 g/mol. The first-order chi connectivity index (χ1) is 7.67. The van der Waals surface area contributed by atoms with Gasteiger partial charge in [0.2, 0.25) is 0 Å². The molecule has 0 saturated carbocycles. The number of hydrogen-bond donors (Lipinski definition) is 1. The van der Waals surface area contributed by atoms with Crippen LogP contribution in [0, 0.1) is 0 Å². The lowest BCUT2D eigenvalue weighted by Gasteiger charge is -2.21. The van der Waals surface area contributed by atoms with Crippen LogP contribution in [0.15, 0.2) is 18.2 Å². The van der Waals surface area contributed by atoms with Crippen LogP contribution in [0.3, 0.4) is 0 Å². The average molecular weight is 241 g/mol. The van der Waals surface area contributed by atoms with Crippen molar-refractivity contribution >= 4 is 17.3 Å². The number of anilines is 1. The first kappa shape index (κ1) is 13.3. The highest BCUT2D eigenvalue weighted by Crippen LogP contribution is 2.20. The maximum absolute atomic E-state index is 5.90. The first-order valence-corrected chi connectivity index (χ1v) is 6.31. The van der Waals surface area contributed by atoms with Crippen LogP contribution >= 0.6 is 11.6 Å². The molecule has 2 nitrogen and oxygen atoms in total. The quantitative estimate of drug-likeness (QED) is 0.771. The smallest absolute Gasteiger partial charge is 0.0635 e. The predicted molar refractivity (Wildman–Crippen MR) is 71.7 cm³/mol. The standard InChI is InChI=1S/C13H21ClN2/c1-3-7-16(8-4-2)10-11-5-6-12(14)13(15)9-11/h5-6,9H,3-4,7-8,10,15H2,1-2H3. The number of nitrogens with two attached hydrogens (primary N) is 1. The molecule has 0 amide bonds. The maximum Gasteiger partial charge on any atom is 0.0635 e. The number of hydrogen-bond acceptors (Lipinski definition) is 2. The maximum atomic E-state index is 5.90. The highest BCUT2D eigenvalue weighted by atomic mass is 35.5. The topological polar surface area (TPSA) is 29.3 Å². The summed E-state index contributed by atoms with van der Waals surface area (Å²) in [6.07, 6.45) is 2.37. The van der Waals surface area contributed by atoms with Crippen molar-refractivity contribution in [2.24, 2.45) is 0 Å². The average Bonchev–Trinajstić information content (AvgIpc) is 2.24. The third kappa shape index (κ3) is 4.03. The van der Waals surface area contributed by atoms with Crippen molar-refractivity contribution in [2.45, 2.75) is 33.2 Å². The summed E-state index contributed by atoms with van der Waals surface area (Å²) in [5.74, 6) is 0. The Morgan fingerprint density at radius 1 is 1.19 bits per heavy atom. The van der Waals surface area contributed by atoms with Gasteiger partial charge in [0.15, 0.2) is 0 Å². The molecule has 0 radical (unpaired) electrons. The second-order valence-corrected chi connectivity index (χ2v) is 4.54. The Bertz CT molecular complexity index is 320. The van der Waals surface area contributed by atoms with Crippen LogP contribution in [0.2, 0.25) is 5.02 Å². The fourth-order valence-electron chi connectivity index (χ4n) is 1.85. The molecule has 0 aromatic heterocycles. The van der Waals surface area contributed by atoms with Crippen LogP contribution in [-0.4, -0.2) is 18.0 Å². The van der Waals surface area contributed by atoms with Crippen molar-refractivity contribution < 1.29 is 0 Å². The van der Waals surface area contributed by atoms with Crippen molar-refractivity contribution in [2.75, 3.05) is 18.8 Å². The molecule has 0 atom stereocenters. The summed E-state index contributed by atoms with van der Waals surface area (Å²) in [7, 11) is 0. The Labute approximate surface area is 103 Å². The summed E-state index contributed by atoms with van der Waals surface area (Å²) in [6, 6.07) is 5.90. The van der Waals surface area contributed by atoms with Crippen LogP contribution in [-0.2, 0) is 6.54 Å². The molecular formula is C13H21ClN2. The number of benzene rings is 1. The second kappa shape index (κ2) is 6.77. The molecule has 3 heteroatoms. The largest absolute Gasteiger partial charge is 0.398 e. The van der Waals surface area contributed by atoms with E-state index in [2.05, 4.69) is 24.8 Å². The number of nitrogens with zero attached hydrogens (tertiary/aromatic N) is 1. The van der Waals surface area contributed by atoms with Gasteiger partial charge in [0.25, 0.3) is 0 Å². The normalized spacial score (nSPS) is 11.0. The molecule has 0 heterocycles. The van der Waals surface area contributed by atoms with Crippen molar-refractivity contribution in [3.63, 3.8) is 0 Å². The minimum absolute atomic E-state index is 0.640. The van der Waals surface area contributed by atoms with Crippen LogP contribution < -0.4 is 5.73 Å². The van der Waals surface area contributed by atoms with Crippen LogP contribution in [0.1, 0.15) is 32.3 Å². The van der Waals surface area contributed by atoms with Gasteiger partial charge in [0, 0.05) is 6.54 Å². The van der Waals surface area contributed by atoms with E-state index in [9.17, 15) is 0 Å². The SMILES string of the molecule is CCCN(CCC)Cc1ccc(Cl)c(N)c1. The molecule has 0 aliphatic carbocycles. The van der Waals surface area contributed by atoms with Crippen LogP contribution in [0.4, 0.5) is 5.69 Å². The van der Waals surface area contributed by atoms with Gasteiger partial charge in [-0.15, -0.1) is 0 Å². The number of nitrogen functional groups attached to an aromatic ring is 1. The molecule has 1 rings (SSSR count). The van der Waals surface area contributed by atoms with Gasteiger partial charge in [-0.05, 0) is 43.6 Å². The molecule has 0 aliphatic rings. The zero-order valence-corrected chi connectivity index (χ0v) is 10.9. The van der Waals surface area contributed by atoms with Gasteiger partial charge in [-0.1, -0.05) is 31.5 Å². The van der Waals surface area contributed by atoms with E-state index in [1.165, 1.54) is 18.4 Å². The molecule has 0 unspecified atom stereocenters. The predicted octanol–water partition coefficient (Wildman–Crippen LogP) is 3.54. The van der Waals surface area contributed by atoms with Gasteiger partial charge < -0.3 is 5.73 Å². The van der Waals surface area contributed by atoms with Gasteiger partial charge in [-0.25, -0.2) is 0 Å². The third-order valence-electron chi connectivity index (χ3n) is 2.55. The van der Waals surface area contributed by atoms with Gasteiger partial charge in [-0.3, -0.25) is 4.90 Å². The van der Waals surface area contributed by atoms with E-state index in [0.29, 0.717) is 10.7 Å². The third-order valence-corrected chi connectivity index (χ3v) is 2.89. The Balaban J connectivity index is 2.65. The lowest BCUT2D eigenvalue weighted by molar-refractivity contribution is 0.266. The van der Waals surface area contributed by atoms with Crippen LogP contribution in [0.5, 0.6) is 0 Å². The highest BCUT2D eigenvalue weighted by Gasteiger charge is 2.05. The molecule has 0 bridgehead atoms. The Morgan fingerprint density at radius 3 is 2.31 bits per heavy atom. The van der Waals surface area contributed by atoms with E-state index < -0.39 is 0 Å². The second-order valence-electron chi connectivity index (χ2n) is 4.13. The lowest BCUT2D eigenvalue weighted by atomic mass is 10.2. The molecule has 0 spiro atoms. The van der Waals surface area contributed by atoms with E-state index in [4.69, 9.17) is 17.3 Å². The molecule has 16 heavy (non-hydrogen) atoms. The minimum atomic E-state index is 0.640. The van der Waals surface area contributed by atoms with E-state index >= 15 is 0 Å². The van der Waals surface area contributed by atoms with Gasteiger partial charge >= 0.3 is 0 Å². The lowest BCUT2D eigenvalue weighted by Crippen LogP contribution is -2.24. The van der Waals surface area contributed by atoms with Crippen molar-refractivity contribution in [1.29, 1.82) is 0 Å². The van der Waals surface area contributed by atoms with E-state index in [1.807, 2.05) is 12.1 Å². The minimum Gasteiger partial charge on any atom is -0.398 e. The molecule has 1 aromatic carbocycles. The Morgan fingerprint density at radius 2 is 1.81 bits per heavy atom. The van der Waals surface area contributed by atoms with Crippen molar-refractivity contribution in [3.8, 4) is 0 Å². The molecule has 2 N–H and O–H groups in total.